The van der Waals surface area contributed by atoms with Crippen molar-refractivity contribution >= 4 is 27.6 Å². The van der Waals surface area contributed by atoms with Gasteiger partial charge < -0.3 is 10.6 Å². The molecule has 0 bridgehead atoms. The number of amides is 1. The number of alkyl halides is 3. The van der Waals surface area contributed by atoms with Crippen molar-refractivity contribution in [2.24, 2.45) is 5.73 Å². The molecule has 3 N–H and O–H groups in total. The van der Waals surface area contributed by atoms with Gasteiger partial charge in [-0.3, -0.25) is 14.4 Å². The molecular formula is C24H25F3N6O3S. The number of carbonyl (C=O) groups excluding carboxylic acids is 1. The molecule has 0 radical (unpaired) electrons. The lowest BCUT2D eigenvalue weighted by Gasteiger charge is -2.34. The number of hydrogen-bond donors (Lipinski definition) is 2. The number of rotatable bonds is 7. The Balaban J connectivity index is 1.59. The van der Waals surface area contributed by atoms with Gasteiger partial charge >= 0.3 is 6.18 Å². The Morgan fingerprint density at radius 2 is 1.70 bits per heavy atom. The van der Waals surface area contributed by atoms with Gasteiger partial charge in [0.05, 0.1) is 17.8 Å². The molecule has 0 spiro atoms. The maximum Gasteiger partial charge on any atom is 0.418 e. The van der Waals surface area contributed by atoms with E-state index >= 15 is 0 Å². The third kappa shape index (κ3) is 6.17. The second-order valence-corrected chi connectivity index (χ2v) is 10.2. The van der Waals surface area contributed by atoms with Crippen molar-refractivity contribution in [1.29, 1.82) is 0 Å². The van der Waals surface area contributed by atoms with E-state index in [2.05, 4.69) is 14.7 Å². The molecule has 1 amide bonds. The predicted octanol–water partition coefficient (Wildman–Crippen LogP) is 2.88. The van der Waals surface area contributed by atoms with Crippen LogP contribution < -0.4 is 15.4 Å². The molecule has 0 aliphatic carbocycles. The number of nitrogens with two attached hydrogens (primary N) is 1. The van der Waals surface area contributed by atoms with Crippen molar-refractivity contribution in [2.75, 3.05) is 42.3 Å². The van der Waals surface area contributed by atoms with Gasteiger partial charge in [0.25, 0.3) is 10.0 Å². The predicted molar refractivity (Wildman–Crippen MR) is 132 cm³/mol. The second kappa shape index (κ2) is 10.3. The number of nitrogens with one attached hydrogen (secondary N) is 1. The van der Waals surface area contributed by atoms with Crippen molar-refractivity contribution in [3.05, 3.63) is 65.7 Å². The van der Waals surface area contributed by atoms with Crippen LogP contribution in [0.15, 0.2) is 59.6 Å². The summed E-state index contributed by atoms with van der Waals surface area (Å²) in [6.07, 6.45) is -4.68. The molecule has 0 atom stereocenters. The van der Waals surface area contributed by atoms with Crippen molar-refractivity contribution in [1.82, 2.24) is 14.9 Å². The minimum Gasteiger partial charge on any atom is -0.369 e. The van der Waals surface area contributed by atoms with Gasteiger partial charge in [-0.15, -0.1) is 0 Å². The van der Waals surface area contributed by atoms with Crippen molar-refractivity contribution in [2.45, 2.75) is 18.1 Å². The van der Waals surface area contributed by atoms with E-state index in [0.717, 1.165) is 12.1 Å². The van der Waals surface area contributed by atoms with E-state index in [4.69, 9.17) is 5.73 Å². The molecule has 2 aromatic heterocycles. The lowest BCUT2D eigenvalue weighted by molar-refractivity contribution is -0.137. The van der Waals surface area contributed by atoms with Crippen LogP contribution in [-0.4, -0.2) is 61.9 Å². The zero-order valence-corrected chi connectivity index (χ0v) is 20.7. The van der Waals surface area contributed by atoms with Crippen LogP contribution in [0.5, 0.6) is 0 Å². The number of carbonyl (C=O) groups is 1. The van der Waals surface area contributed by atoms with Crippen LogP contribution in [0.3, 0.4) is 0 Å². The van der Waals surface area contributed by atoms with Crippen LogP contribution in [0.2, 0.25) is 0 Å². The van der Waals surface area contributed by atoms with Crippen LogP contribution in [0, 0.1) is 6.92 Å². The Morgan fingerprint density at radius 1 is 1.00 bits per heavy atom. The number of primary amides is 1. The number of anilines is 2. The summed E-state index contributed by atoms with van der Waals surface area (Å²) in [5.74, 6) is -0.269. The highest BCUT2D eigenvalue weighted by Gasteiger charge is 2.35. The highest BCUT2D eigenvalue weighted by Crippen LogP contribution is 2.38. The second-order valence-electron chi connectivity index (χ2n) is 8.57. The van der Waals surface area contributed by atoms with Crippen LogP contribution in [0.1, 0.15) is 11.1 Å². The van der Waals surface area contributed by atoms with Gasteiger partial charge in [0.2, 0.25) is 5.91 Å². The number of halogens is 3. The number of pyridine rings is 2. The normalized spacial score (nSPS) is 15.0. The van der Waals surface area contributed by atoms with E-state index < -0.39 is 27.7 Å². The molecule has 3 aromatic rings. The number of hydrogen-bond acceptors (Lipinski definition) is 7. The molecule has 0 unspecified atom stereocenters. The third-order valence-corrected chi connectivity index (χ3v) is 7.16. The first-order chi connectivity index (χ1) is 17.4. The summed E-state index contributed by atoms with van der Waals surface area (Å²) in [6.45, 7) is 3.92. The van der Waals surface area contributed by atoms with Gasteiger partial charge in [0.1, 0.15) is 11.6 Å². The Hall–Kier alpha value is -3.71. The molecule has 9 nitrogen and oxygen atoms in total. The lowest BCUT2D eigenvalue weighted by Crippen LogP contribution is -2.49. The Morgan fingerprint density at radius 3 is 2.35 bits per heavy atom. The maximum absolute atomic E-state index is 13.7. The Bertz CT molecular complexity index is 1410. The van der Waals surface area contributed by atoms with Crippen LogP contribution in [0.4, 0.5) is 24.8 Å². The fourth-order valence-corrected chi connectivity index (χ4v) is 5.03. The number of benzene rings is 1. The first kappa shape index (κ1) is 26.4. The van der Waals surface area contributed by atoms with Gasteiger partial charge in [0, 0.05) is 31.7 Å². The molecule has 3 heterocycles. The number of aryl methyl sites for hydroxylation is 1. The summed E-state index contributed by atoms with van der Waals surface area (Å²) < 4.78 is 69.5. The van der Waals surface area contributed by atoms with E-state index in [1.165, 1.54) is 18.2 Å². The van der Waals surface area contributed by atoms with Crippen LogP contribution >= 0.6 is 0 Å². The lowest BCUT2D eigenvalue weighted by atomic mass is 10.0. The van der Waals surface area contributed by atoms with E-state index in [1.54, 1.807) is 31.2 Å². The van der Waals surface area contributed by atoms with Gasteiger partial charge in [-0.1, -0.05) is 30.3 Å². The fraction of sp³-hybridized carbons (Fsp3) is 0.292. The zero-order chi connectivity index (χ0) is 26.8. The smallest absolute Gasteiger partial charge is 0.369 e. The van der Waals surface area contributed by atoms with E-state index in [0.29, 0.717) is 37.6 Å². The topological polar surface area (TPSA) is 122 Å². The van der Waals surface area contributed by atoms with Crippen LogP contribution in [-0.2, 0) is 21.0 Å². The molecule has 1 aliphatic heterocycles. The molecule has 1 aromatic carbocycles. The first-order valence-electron chi connectivity index (χ1n) is 11.3. The number of aromatic nitrogens is 2. The standard InChI is InChI=1S/C24H25F3N6O3S/c1-16-5-2-3-6-17(16)23-18(24(25,26)27)9-10-20(29-23)31-37(35,36)22-8-4-7-21(30-22)33-13-11-32(12-14-33)15-19(28)34/h2-10H,11-15H2,1H3,(H2,28,34)(H,29,31). The summed E-state index contributed by atoms with van der Waals surface area (Å²) >= 11 is 0. The van der Waals surface area contributed by atoms with E-state index in [1.807, 2.05) is 9.80 Å². The van der Waals surface area contributed by atoms with Crippen molar-refractivity contribution < 1.29 is 26.4 Å². The highest BCUT2D eigenvalue weighted by atomic mass is 32.2. The quantitative estimate of drug-likeness (QED) is 0.478. The molecule has 1 saturated heterocycles. The van der Waals surface area contributed by atoms with Crippen molar-refractivity contribution in [3.8, 4) is 11.3 Å². The molecule has 1 aliphatic rings. The third-order valence-electron chi connectivity index (χ3n) is 5.90. The average Bonchev–Trinajstić information content (AvgIpc) is 2.83. The van der Waals surface area contributed by atoms with Gasteiger partial charge in [-0.2, -0.15) is 21.6 Å². The summed E-state index contributed by atoms with van der Waals surface area (Å²) in [5.41, 5.74) is 4.70. The molecule has 13 heteroatoms. The van der Waals surface area contributed by atoms with E-state index in [9.17, 15) is 26.4 Å². The summed E-state index contributed by atoms with van der Waals surface area (Å²) in [4.78, 5) is 23.2. The Labute approximate surface area is 212 Å². The molecule has 37 heavy (non-hydrogen) atoms. The largest absolute Gasteiger partial charge is 0.418 e. The average molecular weight is 535 g/mol. The highest BCUT2D eigenvalue weighted by molar-refractivity contribution is 7.92. The fourth-order valence-electron chi connectivity index (χ4n) is 4.06. The van der Waals surface area contributed by atoms with Crippen LogP contribution in [0.25, 0.3) is 11.3 Å². The number of sulfonamides is 1. The minimum absolute atomic E-state index is 0.143. The molecule has 196 valence electrons. The Kier molecular flexibility index (Phi) is 7.37. The monoisotopic (exact) mass is 534 g/mol. The molecule has 4 rings (SSSR count). The summed E-state index contributed by atoms with van der Waals surface area (Å²) in [5, 5.41) is -0.302. The van der Waals surface area contributed by atoms with Gasteiger partial charge in [-0.25, -0.2) is 9.97 Å². The number of nitrogens with zero attached hydrogens (tertiary/aromatic N) is 4. The van der Waals surface area contributed by atoms with Gasteiger partial charge in [0.15, 0.2) is 5.03 Å². The SMILES string of the molecule is Cc1ccccc1-c1nc(NS(=O)(=O)c2cccc(N3CCN(CC(N)=O)CC3)n2)ccc1C(F)(F)F. The van der Waals surface area contributed by atoms with E-state index in [-0.39, 0.29) is 28.6 Å². The first-order valence-corrected chi connectivity index (χ1v) is 12.8. The zero-order valence-electron chi connectivity index (χ0n) is 19.9. The minimum atomic E-state index is -4.68. The summed E-state index contributed by atoms with van der Waals surface area (Å²) in [6, 6.07) is 12.7. The molecular weight excluding hydrogens is 509 g/mol. The number of piperazine rings is 1. The molecule has 1 fully saturated rings. The summed E-state index contributed by atoms with van der Waals surface area (Å²) in [7, 11) is -4.26. The molecule has 0 saturated carbocycles. The maximum atomic E-state index is 13.7. The van der Waals surface area contributed by atoms with Gasteiger partial charge in [-0.05, 0) is 36.8 Å². The van der Waals surface area contributed by atoms with Crippen molar-refractivity contribution in [3.63, 3.8) is 0 Å².